The third-order valence-corrected chi connectivity index (χ3v) is 5.33. The number of aromatic nitrogens is 2. The fourth-order valence-corrected chi connectivity index (χ4v) is 3.75. The first-order valence-electron chi connectivity index (χ1n) is 10.0. The van der Waals surface area contributed by atoms with Crippen molar-refractivity contribution in [2.24, 2.45) is 0 Å². The highest BCUT2D eigenvalue weighted by molar-refractivity contribution is 5.92. The highest BCUT2D eigenvalue weighted by Gasteiger charge is 2.27. The lowest BCUT2D eigenvalue weighted by Crippen LogP contribution is -2.41. The molecule has 3 rings (SSSR count). The first-order valence-corrected chi connectivity index (χ1v) is 10.0. The summed E-state index contributed by atoms with van der Waals surface area (Å²) >= 11 is 0. The molecule has 0 saturated carbocycles. The van der Waals surface area contributed by atoms with Crippen molar-refractivity contribution in [2.45, 2.75) is 39.0 Å². The van der Waals surface area contributed by atoms with Gasteiger partial charge < -0.3 is 15.0 Å². The maximum Gasteiger partial charge on any atom is 0.248 e. The highest BCUT2D eigenvalue weighted by Crippen LogP contribution is 2.26. The number of aryl methyl sites for hydroxylation is 2. The fourth-order valence-electron chi connectivity index (χ4n) is 3.75. The molecule has 7 nitrogen and oxygen atoms in total. The number of para-hydroxylation sites is 1. The van der Waals surface area contributed by atoms with Gasteiger partial charge in [0.25, 0.3) is 0 Å². The van der Waals surface area contributed by atoms with Crippen LogP contribution in [0.25, 0.3) is 0 Å². The average molecular weight is 414 g/mol. The van der Waals surface area contributed by atoms with Crippen molar-refractivity contribution in [1.29, 1.82) is 0 Å². The average Bonchev–Trinajstić information content (AvgIpc) is 2.72. The molecule has 1 aromatic carbocycles. The number of hydrogen-bond donors (Lipinski definition) is 1. The van der Waals surface area contributed by atoms with Gasteiger partial charge in [0.05, 0.1) is 12.1 Å². The number of carbonyl (C=O) groups excluding carboxylic acids is 2. The monoisotopic (exact) mass is 414 g/mol. The highest BCUT2D eigenvalue weighted by atomic mass is 19.1. The van der Waals surface area contributed by atoms with Crippen molar-refractivity contribution in [3.05, 3.63) is 52.9 Å². The fraction of sp³-hybridized carbons (Fsp3) is 0.455. The van der Waals surface area contributed by atoms with E-state index in [4.69, 9.17) is 4.74 Å². The van der Waals surface area contributed by atoms with Crippen LogP contribution in [0.1, 0.15) is 41.5 Å². The van der Waals surface area contributed by atoms with Gasteiger partial charge in [0, 0.05) is 43.1 Å². The van der Waals surface area contributed by atoms with E-state index in [0.717, 1.165) is 29.8 Å². The molecule has 2 heterocycles. The van der Waals surface area contributed by atoms with Crippen LogP contribution >= 0.6 is 0 Å². The van der Waals surface area contributed by atoms with Gasteiger partial charge >= 0.3 is 0 Å². The van der Waals surface area contributed by atoms with E-state index in [2.05, 4.69) is 15.3 Å². The Labute approximate surface area is 175 Å². The Morgan fingerprint density at radius 1 is 1.23 bits per heavy atom. The number of halogens is 1. The Balaban J connectivity index is 1.71. The lowest BCUT2D eigenvalue weighted by atomic mass is 9.96. The smallest absolute Gasteiger partial charge is 0.248 e. The number of nitrogens with one attached hydrogen (secondary N) is 1. The standard InChI is InChI=1S/C22H27FN4O3/c1-14-17(11-20(28)26-19-9-5-4-8-18(19)23)15(2)25-22(24-14)16-7-6-10-27(12-16)21(29)13-30-3/h4-5,8-9,16H,6-7,10-13H2,1-3H3,(H,26,28). The van der Waals surface area contributed by atoms with Gasteiger partial charge in [-0.15, -0.1) is 0 Å². The zero-order valence-corrected chi connectivity index (χ0v) is 17.6. The summed E-state index contributed by atoms with van der Waals surface area (Å²) in [6, 6.07) is 6.06. The predicted molar refractivity (Wildman–Crippen MR) is 111 cm³/mol. The van der Waals surface area contributed by atoms with E-state index in [0.29, 0.717) is 18.9 Å². The largest absolute Gasteiger partial charge is 0.375 e. The first-order chi connectivity index (χ1) is 14.4. The number of rotatable bonds is 6. The van der Waals surface area contributed by atoms with Crippen LogP contribution in [0, 0.1) is 19.7 Å². The Kier molecular flexibility index (Phi) is 7.10. The van der Waals surface area contributed by atoms with E-state index in [1.807, 2.05) is 13.8 Å². The Bertz CT molecular complexity index is 911. The summed E-state index contributed by atoms with van der Waals surface area (Å²) in [5, 5.41) is 2.60. The van der Waals surface area contributed by atoms with Gasteiger partial charge in [-0.2, -0.15) is 0 Å². The van der Waals surface area contributed by atoms with Crippen molar-refractivity contribution in [3.8, 4) is 0 Å². The molecule has 1 aliphatic heterocycles. The molecule has 1 aromatic heterocycles. The van der Waals surface area contributed by atoms with Crippen molar-refractivity contribution in [1.82, 2.24) is 14.9 Å². The maximum absolute atomic E-state index is 13.8. The van der Waals surface area contributed by atoms with Crippen LogP contribution in [-0.2, 0) is 20.7 Å². The van der Waals surface area contributed by atoms with Crippen molar-refractivity contribution in [2.75, 3.05) is 32.1 Å². The lowest BCUT2D eigenvalue weighted by Gasteiger charge is -2.32. The molecule has 8 heteroatoms. The summed E-state index contributed by atoms with van der Waals surface area (Å²) in [6.45, 7) is 5.04. The van der Waals surface area contributed by atoms with Gasteiger partial charge in [0.15, 0.2) is 0 Å². The van der Waals surface area contributed by atoms with Gasteiger partial charge in [-0.05, 0) is 38.8 Å². The van der Waals surface area contributed by atoms with Gasteiger partial charge in [0.1, 0.15) is 18.2 Å². The van der Waals surface area contributed by atoms with Crippen LogP contribution < -0.4 is 5.32 Å². The molecule has 1 atom stereocenters. The van der Waals surface area contributed by atoms with Crippen molar-refractivity contribution >= 4 is 17.5 Å². The zero-order valence-electron chi connectivity index (χ0n) is 17.6. The molecule has 160 valence electrons. The van der Waals surface area contributed by atoms with Crippen LogP contribution in [0.5, 0.6) is 0 Å². The molecule has 30 heavy (non-hydrogen) atoms. The van der Waals surface area contributed by atoms with Crippen LogP contribution in [0.3, 0.4) is 0 Å². The quantitative estimate of drug-likeness (QED) is 0.786. The number of likely N-dealkylation sites (tertiary alicyclic amines) is 1. The van der Waals surface area contributed by atoms with Crippen LogP contribution in [0.4, 0.5) is 10.1 Å². The molecular weight excluding hydrogens is 387 g/mol. The second-order valence-corrected chi connectivity index (χ2v) is 7.55. The summed E-state index contributed by atoms with van der Waals surface area (Å²) in [7, 11) is 1.51. The molecule has 0 aliphatic carbocycles. The van der Waals surface area contributed by atoms with E-state index in [9.17, 15) is 14.0 Å². The summed E-state index contributed by atoms with van der Waals surface area (Å²) in [6.07, 6.45) is 1.85. The summed E-state index contributed by atoms with van der Waals surface area (Å²) in [5.74, 6) is -0.0825. The molecule has 0 spiro atoms. The molecular formula is C22H27FN4O3. The van der Waals surface area contributed by atoms with E-state index in [-0.39, 0.29) is 36.4 Å². The van der Waals surface area contributed by atoms with Gasteiger partial charge in [-0.3, -0.25) is 9.59 Å². The molecule has 2 amide bonds. The number of amides is 2. The van der Waals surface area contributed by atoms with Crippen LogP contribution in [-0.4, -0.2) is 53.5 Å². The van der Waals surface area contributed by atoms with Gasteiger partial charge in [-0.1, -0.05) is 12.1 Å². The van der Waals surface area contributed by atoms with Crippen molar-refractivity contribution in [3.63, 3.8) is 0 Å². The topological polar surface area (TPSA) is 84.4 Å². The SMILES string of the molecule is COCC(=O)N1CCCC(c2nc(C)c(CC(=O)Nc3ccccc3F)c(C)n2)C1. The van der Waals surface area contributed by atoms with Crippen LogP contribution in [0.2, 0.25) is 0 Å². The predicted octanol–water partition coefficient (Wildman–Crippen LogP) is 2.77. The van der Waals surface area contributed by atoms with E-state index < -0.39 is 5.82 Å². The second-order valence-electron chi connectivity index (χ2n) is 7.55. The zero-order chi connectivity index (χ0) is 21.7. The molecule has 0 bridgehead atoms. The summed E-state index contributed by atoms with van der Waals surface area (Å²) < 4.78 is 18.7. The number of piperidine rings is 1. The number of hydrogen-bond acceptors (Lipinski definition) is 5. The number of benzene rings is 1. The Morgan fingerprint density at radius 3 is 2.60 bits per heavy atom. The minimum atomic E-state index is -0.476. The molecule has 0 radical (unpaired) electrons. The Morgan fingerprint density at radius 2 is 1.93 bits per heavy atom. The Hall–Kier alpha value is -2.87. The molecule has 1 saturated heterocycles. The van der Waals surface area contributed by atoms with E-state index in [1.165, 1.54) is 19.2 Å². The molecule has 1 unspecified atom stereocenters. The minimum absolute atomic E-state index is 0.0305. The van der Waals surface area contributed by atoms with E-state index in [1.54, 1.807) is 17.0 Å². The first kappa shape index (κ1) is 21.8. The second kappa shape index (κ2) is 9.75. The van der Waals surface area contributed by atoms with Gasteiger partial charge in [-0.25, -0.2) is 14.4 Å². The third-order valence-electron chi connectivity index (χ3n) is 5.33. The number of methoxy groups -OCH3 is 1. The maximum atomic E-state index is 13.8. The summed E-state index contributed by atoms with van der Waals surface area (Å²) in [5.41, 5.74) is 2.33. The minimum Gasteiger partial charge on any atom is -0.375 e. The molecule has 2 aromatic rings. The molecule has 1 fully saturated rings. The number of carbonyl (C=O) groups is 2. The molecule has 1 aliphatic rings. The number of anilines is 1. The lowest BCUT2D eigenvalue weighted by molar-refractivity contribution is -0.136. The summed E-state index contributed by atoms with van der Waals surface area (Å²) in [4.78, 5) is 35.6. The van der Waals surface area contributed by atoms with Gasteiger partial charge in [0.2, 0.25) is 11.8 Å². The van der Waals surface area contributed by atoms with Crippen molar-refractivity contribution < 1.29 is 18.7 Å². The number of ether oxygens (including phenoxy) is 1. The third kappa shape index (κ3) is 5.18. The number of nitrogens with zero attached hydrogens (tertiary/aromatic N) is 3. The molecule has 1 N–H and O–H groups in total. The van der Waals surface area contributed by atoms with E-state index >= 15 is 0 Å². The van der Waals surface area contributed by atoms with Crippen LogP contribution in [0.15, 0.2) is 24.3 Å². The normalized spacial score (nSPS) is 16.4.